The molecule has 0 saturated heterocycles. The number of sulfonamides is 1. The molecule has 2 N–H and O–H groups in total. The molecule has 32 heavy (non-hydrogen) atoms. The first-order valence-corrected chi connectivity index (χ1v) is 12.1. The lowest BCUT2D eigenvalue weighted by atomic mass is 10.2. The van der Waals surface area contributed by atoms with Gasteiger partial charge in [-0.15, -0.1) is 0 Å². The summed E-state index contributed by atoms with van der Waals surface area (Å²) >= 11 is 1.18. The van der Waals surface area contributed by atoms with Gasteiger partial charge >= 0.3 is 5.91 Å². The molecular formula is C21H21N3O6S2. The summed E-state index contributed by atoms with van der Waals surface area (Å²) in [6.07, 6.45) is 0. The highest BCUT2D eigenvalue weighted by atomic mass is 32.2. The fourth-order valence-corrected chi connectivity index (χ4v) is 4.98. The summed E-state index contributed by atoms with van der Waals surface area (Å²) < 4.78 is 42.3. The van der Waals surface area contributed by atoms with Crippen molar-refractivity contribution in [2.75, 3.05) is 20.3 Å². The number of hydrogen-bond donors (Lipinski definition) is 1. The highest BCUT2D eigenvalue weighted by molar-refractivity contribution is 7.89. The molecule has 0 radical (unpaired) electrons. The number of nitrogens with zero attached hydrogens (tertiary/aromatic N) is 2. The number of amides is 1. The Hall–Kier alpha value is -2.99. The van der Waals surface area contributed by atoms with Gasteiger partial charge in [0.1, 0.15) is 0 Å². The predicted octanol–water partition coefficient (Wildman–Crippen LogP) is 2.88. The number of carbonyl (C=O) groups is 1. The van der Waals surface area contributed by atoms with E-state index in [9.17, 15) is 13.2 Å². The molecule has 0 unspecified atom stereocenters. The molecule has 0 aliphatic heterocycles. The second-order valence-corrected chi connectivity index (χ2v) is 9.38. The Kier molecular flexibility index (Phi) is 6.15. The van der Waals surface area contributed by atoms with Gasteiger partial charge in [-0.05, 0) is 37.3 Å². The van der Waals surface area contributed by atoms with Crippen LogP contribution in [0.1, 0.15) is 17.5 Å². The summed E-state index contributed by atoms with van der Waals surface area (Å²) in [6.45, 7) is 3.27. The zero-order valence-electron chi connectivity index (χ0n) is 17.4. The summed E-state index contributed by atoms with van der Waals surface area (Å²) in [5, 5.41) is 5.98. The van der Waals surface area contributed by atoms with Gasteiger partial charge in [0.15, 0.2) is 21.9 Å². The summed E-state index contributed by atoms with van der Waals surface area (Å²) in [5.74, 6) is 0.0286. The topological polar surface area (TPSA) is 126 Å². The van der Waals surface area contributed by atoms with Gasteiger partial charge in [-0.2, -0.15) is 4.99 Å². The maximum absolute atomic E-state index is 12.9. The van der Waals surface area contributed by atoms with E-state index in [1.165, 1.54) is 30.6 Å². The van der Waals surface area contributed by atoms with Crippen LogP contribution in [0, 0.1) is 0 Å². The number of carbonyl (C=O) groups excluding carboxylic acids is 1. The molecule has 11 heteroatoms. The van der Waals surface area contributed by atoms with Crippen molar-refractivity contribution in [1.82, 2.24) is 4.57 Å². The molecule has 1 amide bonds. The highest BCUT2D eigenvalue weighted by Crippen LogP contribution is 2.29. The van der Waals surface area contributed by atoms with E-state index in [2.05, 4.69) is 4.99 Å². The lowest BCUT2D eigenvalue weighted by molar-refractivity contribution is 0.0972. The molecule has 0 aliphatic carbocycles. The van der Waals surface area contributed by atoms with Crippen LogP contribution in [0.4, 0.5) is 0 Å². The van der Waals surface area contributed by atoms with Crippen molar-refractivity contribution in [3.63, 3.8) is 0 Å². The second-order valence-electron chi connectivity index (χ2n) is 6.81. The Morgan fingerprint density at radius 3 is 2.78 bits per heavy atom. The van der Waals surface area contributed by atoms with Crippen LogP contribution in [-0.4, -0.2) is 39.2 Å². The SMILES string of the molecule is CCOCCn1c(=NC(=O)c2cc3cccc(OC)c3o2)sc2cc(S(N)(=O)=O)ccc21. The summed E-state index contributed by atoms with van der Waals surface area (Å²) in [6, 6.07) is 11.5. The van der Waals surface area contributed by atoms with Crippen molar-refractivity contribution in [3.8, 4) is 5.75 Å². The van der Waals surface area contributed by atoms with Gasteiger partial charge < -0.3 is 18.5 Å². The number of aromatic nitrogens is 1. The summed E-state index contributed by atoms with van der Waals surface area (Å²) in [5.41, 5.74) is 1.19. The van der Waals surface area contributed by atoms with Crippen LogP contribution in [0.25, 0.3) is 21.2 Å². The lowest BCUT2D eigenvalue weighted by Crippen LogP contribution is -2.19. The molecule has 0 bridgehead atoms. The fourth-order valence-electron chi connectivity index (χ4n) is 3.28. The van der Waals surface area contributed by atoms with Crippen LogP contribution in [0.15, 0.2) is 56.8 Å². The molecule has 0 aliphatic rings. The molecule has 4 aromatic rings. The molecule has 0 spiro atoms. The van der Waals surface area contributed by atoms with Gasteiger partial charge in [-0.1, -0.05) is 23.5 Å². The normalized spacial score (nSPS) is 12.7. The first-order chi connectivity index (χ1) is 15.3. The standard InChI is InChI=1S/C21H21N3O6S2/c1-3-29-10-9-24-15-8-7-14(32(22,26)27)12-18(15)31-21(24)23-20(25)17-11-13-5-4-6-16(28-2)19(13)30-17/h4-8,11-12H,3,9-10H2,1-2H3,(H2,22,26,27). The van der Waals surface area contributed by atoms with E-state index in [4.69, 9.17) is 19.0 Å². The molecule has 2 heterocycles. The first-order valence-electron chi connectivity index (χ1n) is 9.71. The molecule has 9 nitrogen and oxygen atoms in total. The monoisotopic (exact) mass is 475 g/mol. The number of primary sulfonamides is 1. The van der Waals surface area contributed by atoms with Crippen molar-refractivity contribution in [2.45, 2.75) is 18.4 Å². The molecule has 0 atom stereocenters. The molecule has 168 valence electrons. The van der Waals surface area contributed by atoms with E-state index < -0.39 is 15.9 Å². The maximum atomic E-state index is 12.9. The number of hydrogen-bond acceptors (Lipinski definition) is 7. The van der Waals surface area contributed by atoms with Gasteiger partial charge in [0.25, 0.3) is 0 Å². The Balaban J connectivity index is 1.82. The second kappa shape index (κ2) is 8.87. The largest absolute Gasteiger partial charge is 0.493 e. The smallest absolute Gasteiger partial charge is 0.315 e. The van der Waals surface area contributed by atoms with Crippen LogP contribution in [0.3, 0.4) is 0 Å². The van der Waals surface area contributed by atoms with Crippen LogP contribution >= 0.6 is 11.3 Å². The van der Waals surface area contributed by atoms with Crippen molar-refractivity contribution < 1.29 is 27.1 Å². The van der Waals surface area contributed by atoms with Gasteiger partial charge in [0.2, 0.25) is 10.0 Å². The van der Waals surface area contributed by atoms with Crippen molar-refractivity contribution >= 4 is 48.5 Å². The lowest BCUT2D eigenvalue weighted by Gasteiger charge is -2.05. The Bertz CT molecular complexity index is 1480. The van der Waals surface area contributed by atoms with E-state index in [1.807, 2.05) is 17.6 Å². The van der Waals surface area contributed by atoms with Gasteiger partial charge in [-0.3, -0.25) is 4.79 Å². The molecule has 2 aromatic carbocycles. The Morgan fingerprint density at radius 2 is 2.06 bits per heavy atom. The number of methoxy groups -OCH3 is 1. The first kappa shape index (κ1) is 22.2. The van der Waals surface area contributed by atoms with Crippen molar-refractivity contribution in [1.29, 1.82) is 0 Å². The number of benzene rings is 2. The minimum absolute atomic E-state index is 0.00883. The van der Waals surface area contributed by atoms with Crippen molar-refractivity contribution in [2.24, 2.45) is 10.1 Å². The molecular weight excluding hydrogens is 454 g/mol. The molecule has 4 rings (SSSR count). The van der Waals surface area contributed by atoms with E-state index in [0.29, 0.717) is 40.6 Å². The van der Waals surface area contributed by atoms with E-state index in [0.717, 1.165) is 10.9 Å². The molecule has 0 saturated carbocycles. The quantitative estimate of drug-likeness (QED) is 0.410. The number of para-hydroxylation sites is 1. The number of fused-ring (bicyclic) bond motifs is 2. The van der Waals surface area contributed by atoms with Crippen LogP contribution < -0.4 is 14.7 Å². The van der Waals surface area contributed by atoms with Gasteiger partial charge in [-0.25, -0.2) is 13.6 Å². The van der Waals surface area contributed by atoms with Gasteiger partial charge in [0.05, 0.1) is 28.8 Å². The number of ether oxygens (including phenoxy) is 2. The van der Waals surface area contributed by atoms with E-state index in [1.54, 1.807) is 24.3 Å². The zero-order valence-corrected chi connectivity index (χ0v) is 19.0. The average Bonchev–Trinajstić information content (AvgIpc) is 3.34. The summed E-state index contributed by atoms with van der Waals surface area (Å²) in [7, 11) is -2.33. The third-order valence-corrected chi connectivity index (χ3v) is 6.73. The third-order valence-electron chi connectivity index (χ3n) is 4.78. The number of thiazole rings is 1. The number of rotatable bonds is 7. The average molecular weight is 476 g/mol. The van der Waals surface area contributed by atoms with Crippen LogP contribution in [0.5, 0.6) is 5.75 Å². The van der Waals surface area contributed by atoms with E-state index in [-0.39, 0.29) is 10.7 Å². The molecule has 2 aromatic heterocycles. The summed E-state index contributed by atoms with van der Waals surface area (Å²) in [4.78, 5) is 17.6. The predicted molar refractivity (Wildman–Crippen MR) is 120 cm³/mol. The van der Waals surface area contributed by atoms with Crippen LogP contribution in [0.2, 0.25) is 0 Å². The third kappa shape index (κ3) is 4.32. The number of furan rings is 1. The minimum atomic E-state index is -3.86. The number of nitrogens with two attached hydrogens (primary N) is 1. The maximum Gasteiger partial charge on any atom is 0.315 e. The van der Waals surface area contributed by atoms with Crippen molar-refractivity contribution in [3.05, 3.63) is 53.0 Å². The molecule has 0 fully saturated rings. The highest BCUT2D eigenvalue weighted by Gasteiger charge is 2.17. The zero-order chi connectivity index (χ0) is 22.9. The fraction of sp³-hybridized carbons (Fsp3) is 0.238. The minimum Gasteiger partial charge on any atom is -0.493 e. The Morgan fingerprint density at radius 1 is 1.25 bits per heavy atom. The van der Waals surface area contributed by atoms with E-state index >= 15 is 0 Å². The van der Waals surface area contributed by atoms with Crippen LogP contribution in [-0.2, 0) is 21.3 Å². The van der Waals surface area contributed by atoms with Gasteiger partial charge in [0, 0.05) is 18.5 Å². The Labute approximate surface area is 187 Å².